The Kier molecular flexibility index (Phi) is 1.41. The minimum absolute atomic E-state index is 1.00. The van der Waals surface area contributed by atoms with E-state index in [9.17, 15) is 0 Å². The molecule has 1 heterocycles. The summed E-state index contributed by atoms with van der Waals surface area (Å²) in [6, 6.07) is 9.79. The van der Waals surface area contributed by atoms with Crippen molar-refractivity contribution >= 4 is 0 Å². The SMILES string of the molecule is [c]1cn(-c2ccccc2)nn1. The summed E-state index contributed by atoms with van der Waals surface area (Å²) in [5.41, 5.74) is 1.00. The van der Waals surface area contributed by atoms with Gasteiger partial charge in [0.25, 0.3) is 0 Å². The molecule has 1 aromatic carbocycles. The van der Waals surface area contributed by atoms with Crippen molar-refractivity contribution in [1.82, 2.24) is 15.0 Å². The van der Waals surface area contributed by atoms with E-state index < -0.39 is 0 Å². The molecule has 0 aliphatic rings. The number of benzene rings is 1. The van der Waals surface area contributed by atoms with Gasteiger partial charge in [0.15, 0.2) is 0 Å². The quantitative estimate of drug-likeness (QED) is 0.599. The Morgan fingerprint density at radius 2 is 2.00 bits per heavy atom. The molecule has 0 fully saturated rings. The van der Waals surface area contributed by atoms with Gasteiger partial charge in [-0.25, -0.2) is 4.68 Å². The van der Waals surface area contributed by atoms with Crippen molar-refractivity contribution in [2.75, 3.05) is 0 Å². The number of para-hydroxylation sites is 1. The van der Waals surface area contributed by atoms with Gasteiger partial charge >= 0.3 is 0 Å². The van der Waals surface area contributed by atoms with E-state index in [2.05, 4.69) is 16.5 Å². The Morgan fingerprint density at radius 1 is 1.18 bits per heavy atom. The lowest BCUT2D eigenvalue weighted by Crippen LogP contribution is -1.93. The molecule has 0 unspecified atom stereocenters. The molecule has 0 saturated heterocycles. The minimum atomic E-state index is 1.00. The van der Waals surface area contributed by atoms with Crippen molar-refractivity contribution in [1.29, 1.82) is 0 Å². The molecule has 1 radical (unpaired) electrons. The van der Waals surface area contributed by atoms with E-state index in [4.69, 9.17) is 0 Å². The van der Waals surface area contributed by atoms with Crippen LogP contribution < -0.4 is 0 Å². The molecule has 1 aromatic heterocycles. The van der Waals surface area contributed by atoms with Crippen LogP contribution in [0.25, 0.3) is 5.69 Å². The molecule has 3 nitrogen and oxygen atoms in total. The van der Waals surface area contributed by atoms with Crippen LogP contribution in [0.5, 0.6) is 0 Å². The molecule has 0 amide bonds. The zero-order valence-electron chi connectivity index (χ0n) is 5.81. The fourth-order valence-electron chi connectivity index (χ4n) is 0.887. The smallest absolute Gasteiger partial charge is 0.135 e. The highest BCUT2D eigenvalue weighted by molar-refractivity contribution is 5.28. The molecule has 11 heavy (non-hydrogen) atoms. The van der Waals surface area contributed by atoms with Crippen LogP contribution in [0.4, 0.5) is 0 Å². The van der Waals surface area contributed by atoms with Crippen LogP contribution in [0.2, 0.25) is 0 Å². The Balaban J connectivity index is 2.46. The molecule has 2 rings (SSSR count). The monoisotopic (exact) mass is 144 g/mol. The molecular weight excluding hydrogens is 138 g/mol. The maximum absolute atomic E-state index is 3.80. The van der Waals surface area contributed by atoms with E-state index >= 15 is 0 Å². The van der Waals surface area contributed by atoms with Crippen molar-refractivity contribution < 1.29 is 0 Å². The fraction of sp³-hybridized carbons (Fsp3) is 0. The average Bonchev–Trinajstić information content (AvgIpc) is 2.58. The highest BCUT2D eigenvalue weighted by Gasteiger charge is 1.92. The van der Waals surface area contributed by atoms with Gasteiger partial charge in [0.05, 0.1) is 11.9 Å². The summed E-state index contributed by atoms with van der Waals surface area (Å²) >= 11 is 0. The summed E-state index contributed by atoms with van der Waals surface area (Å²) < 4.78 is 1.67. The molecule has 3 heteroatoms. The third-order valence-electron chi connectivity index (χ3n) is 1.40. The van der Waals surface area contributed by atoms with Crippen molar-refractivity contribution in [2.45, 2.75) is 0 Å². The molecule has 0 aliphatic carbocycles. The summed E-state index contributed by atoms with van der Waals surface area (Å²) in [4.78, 5) is 0. The molecule has 0 aliphatic heterocycles. The Bertz CT molecular complexity index is 312. The zero-order valence-corrected chi connectivity index (χ0v) is 5.81. The zero-order chi connectivity index (χ0) is 7.52. The van der Waals surface area contributed by atoms with Crippen molar-refractivity contribution in [2.24, 2.45) is 0 Å². The van der Waals surface area contributed by atoms with E-state index in [1.165, 1.54) is 0 Å². The predicted molar refractivity (Wildman–Crippen MR) is 40.2 cm³/mol. The van der Waals surface area contributed by atoms with Crippen LogP contribution in [0.3, 0.4) is 0 Å². The molecule has 0 bridgehead atoms. The van der Waals surface area contributed by atoms with E-state index in [1.807, 2.05) is 30.3 Å². The highest BCUT2D eigenvalue weighted by Crippen LogP contribution is 2.02. The molecule has 53 valence electrons. The summed E-state index contributed by atoms with van der Waals surface area (Å²) in [5.74, 6) is 0. The number of hydrogen-bond donors (Lipinski definition) is 0. The van der Waals surface area contributed by atoms with Gasteiger partial charge in [0.2, 0.25) is 0 Å². The molecule has 0 spiro atoms. The summed E-state index contributed by atoms with van der Waals surface area (Å²) in [5, 5.41) is 7.38. The lowest BCUT2D eigenvalue weighted by molar-refractivity contribution is 0.803. The molecule has 2 aromatic rings. The van der Waals surface area contributed by atoms with Crippen LogP contribution in [0, 0.1) is 6.20 Å². The first-order valence-electron chi connectivity index (χ1n) is 3.30. The minimum Gasteiger partial charge on any atom is -0.220 e. The lowest BCUT2D eigenvalue weighted by atomic mass is 10.3. The van der Waals surface area contributed by atoms with E-state index in [-0.39, 0.29) is 0 Å². The Labute approximate surface area is 64.3 Å². The molecule has 0 N–H and O–H groups in total. The second-order valence-electron chi connectivity index (χ2n) is 2.13. The van der Waals surface area contributed by atoms with Gasteiger partial charge in [0, 0.05) is 0 Å². The maximum atomic E-state index is 3.80. The highest BCUT2D eigenvalue weighted by atomic mass is 15.4. The van der Waals surface area contributed by atoms with Crippen molar-refractivity contribution in [3.05, 3.63) is 42.7 Å². The van der Waals surface area contributed by atoms with Gasteiger partial charge in [-0.05, 0) is 12.1 Å². The van der Waals surface area contributed by atoms with Crippen LogP contribution >= 0.6 is 0 Å². The van der Waals surface area contributed by atoms with Crippen molar-refractivity contribution in [3.8, 4) is 5.69 Å². The third kappa shape index (κ3) is 1.12. The number of rotatable bonds is 1. The topological polar surface area (TPSA) is 30.7 Å². The van der Waals surface area contributed by atoms with Gasteiger partial charge in [-0.3, -0.25) is 0 Å². The van der Waals surface area contributed by atoms with Crippen LogP contribution in [0.15, 0.2) is 36.5 Å². The first-order valence-corrected chi connectivity index (χ1v) is 3.30. The Hall–Kier alpha value is -1.64. The normalized spacial score (nSPS) is 9.82. The van der Waals surface area contributed by atoms with Gasteiger partial charge < -0.3 is 0 Å². The molecule has 0 saturated carbocycles. The first kappa shape index (κ1) is 6.09. The van der Waals surface area contributed by atoms with Crippen LogP contribution in [-0.4, -0.2) is 15.0 Å². The largest absolute Gasteiger partial charge is 0.220 e. The lowest BCUT2D eigenvalue weighted by Gasteiger charge is -1.96. The number of aromatic nitrogens is 3. The number of hydrogen-bond acceptors (Lipinski definition) is 2. The van der Waals surface area contributed by atoms with E-state index in [0.29, 0.717) is 0 Å². The summed E-state index contributed by atoms with van der Waals surface area (Å²) in [6.45, 7) is 0. The van der Waals surface area contributed by atoms with Gasteiger partial charge in [-0.2, -0.15) is 0 Å². The summed E-state index contributed by atoms with van der Waals surface area (Å²) in [7, 11) is 0. The van der Waals surface area contributed by atoms with Gasteiger partial charge in [-0.1, -0.05) is 23.4 Å². The van der Waals surface area contributed by atoms with Gasteiger partial charge in [0.1, 0.15) is 6.20 Å². The Morgan fingerprint density at radius 3 is 2.64 bits per heavy atom. The second-order valence-corrected chi connectivity index (χ2v) is 2.13. The van der Waals surface area contributed by atoms with Crippen LogP contribution in [-0.2, 0) is 0 Å². The average molecular weight is 144 g/mol. The fourth-order valence-corrected chi connectivity index (χ4v) is 0.887. The van der Waals surface area contributed by atoms with Crippen molar-refractivity contribution in [3.63, 3.8) is 0 Å². The first-order chi connectivity index (χ1) is 5.47. The third-order valence-corrected chi connectivity index (χ3v) is 1.40. The molecule has 0 atom stereocenters. The van der Waals surface area contributed by atoms with Gasteiger partial charge in [-0.15, -0.1) is 5.10 Å². The van der Waals surface area contributed by atoms with E-state index in [0.717, 1.165) is 5.69 Å². The molecular formula is C8H6N3. The standard InChI is InChI=1S/C8H6N3/c1-2-4-8(5-3-1)11-7-6-9-10-11/h1-5,7H. The maximum Gasteiger partial charge on any atom is 0.135 e. The summed E-state index contributed by atoms with van der Waals surface area (Å²) in [6.07, 6.45) is 4.32. The van der Waals surface area contributed by atoms with E-state index in [1.54, 1.807) is 10.9 Å². The number of nitrogens with zero attached hydrogens (tertiary/aromatic N) is 3. The van der Waals surface area contributed by atoms with Crippen LogP contribution in [0.1, 0.15) is 0 Å². The second kappa shape index (κ2) is 2.54. The predicted octanol–water partition coefficient (Wildman–Crippen LogP) is 1.07.